The molecule has 0 atom stereocenters. The molecule has 2 heteroatoms. The van der Waals surface area contributed by atoms with Crippen LogP contribution >= 0.6 is 0 Å². The van der Waals surface area contributed by atoms with Gasteiger partial charge in [-0.05, 0) is 0 Å². The van der Waals surface area contributed by atoms with E-state index in [1.807, 2.05) is 6.92 Å². The Kier molecular flexibility index (Phi) is 3.02. The topological polar surface area (TPSA) is 9.23 Å². The van der Waals surface area contributed by atoms with Gasteiger partial charge in [0.2, 0.25) is 0 Å². The molecule has 0 radical (unpaired) electrons. The molecule has 0 bridgehead atoms. The number of rotatable bonds is 1. The summed E-state index contributed by atoms with van der Waals surface area (Å²) < 4.78 is 5.79. The van der Waals surface area contributed by atoms with E-state index in [9.17, 15) is 0 Å². The molecule has 0 N–H and O–H groups in total. The Morgan fingerprint density at radius 1 is 1.80 bits per heavy atom. The number of hydrogen-bond acceptors (Lipinski definition) is 1. The summed E-state index contributed by atoms with van der Waals surface area (Å²) in [7, 11) is 1.68. The molecule has 0 saturated heterocycles. The Morgan fingerprint density at radius 2 is 2.00 bits per heavy atom. The molecule has 0 aliphatic carbocycles. The molecular formula is C3H6OW. The molecule has 0 aliphatic rings. The first-order valence-electron chi connectivity index (χ1n) is 1.32. The normalized spacial score (nSPS) is 7.60. The van der Waals surface area contributed by atoms with Crippen LogP contribution in [0, 0.1) is 0 Å². The number of hydrogen-bond donors (Lipinski definition) is 0. The molecule has 5 heavy (non-hydrogen) atoms. The Hall–Kier alpha value is 0.518. The molecule has 0 rings (SSSR count). The van der Waals surface area contributed by atoms with Gasteiger partial charge in [0, 0.05) is 0 Å². The third kappa shape index (κ3) is 4.52. The van der Waals surface area contributed by atoms with Gasteiger partial charge >= 0.3 is 42.2 Å². The fourth-order valence-corrected chi connectivity index (χ4v) is 0. The summed E-state index contributed by atoms with van der Waals surface area (Å²) in [6, 6.07) is 0. The Balaban J connectivity index is 2.85. The third-order valence-electron chi connectivity index (χ3n) is 0.287. The van der Waals surface area contributed by atoms with Gasteiger partial charge in [-0.1, -0.05) is 0 Å². The van der Waals surface area contributed by atoms with E-state index < -0.39 is 0 Å². The number of ether oxygens (including phenoxy) is 1. The molecule has 0 unspecified atom stereocenters. The van der Waals surface area contributed by atoms with Gasteiger partial charge in [0.05, 0.1) is 0 Å². The molecule has 0 aromatic carbocycles. The fraction of sp³-hybridized carbons (Fsp3) is 0.667. The van der Waals surface area contributed by atoms with Gasteiger partial charge in [-0.2, -0.15) is 0 Å². The van der Waals surface area contributed by atoms with Crippen molar-refractivity contribution in [3.8, 4) is 0 Å². The van der Waals surface area contributed by atoms with E-state index in [1.165, 1.54) is 19.4 Å². The Bertz CT molecular complexity index is 42.2. The average Bonchev–Trinajstić information content (AvgIpc) is 1.38. The van der Waals surface area contributed by atoms with Gasteiger partial charge in [-0.15, -0.1) is 0 Å². The molecule has 1 nitrogen and oxygen atoms in total. The first-order chi connectivity index (χ1) is 2.27. The fourth-order valence-electron chi connectivity index (χ4n) is 0. The van der Waals surface area contributed by atoms with Crippen molar-refractivity contribution in [2.24, 2.45) is 0 Å². The predicted octanol–water partition coefficient (Wildman–Crippen LogP) is 0.329. The Morgan fingerprint density at radius 3 is 2.00 bits per heavy atom. The zero-order valence-electron chi connectivity index (χ0n) is 3.32. The monoisotopic (exact) mass is 242 g/mol. The van der Waals surface area contributed by atoms with Crippen molar-refractivity contribution in [3.05, 3.63) is 0 Å². The van der Waals surface area contributed by atoms with E-state index in [0.29, 0.717) is 0 Å². The summed E-state index contributed by atoms with van der Waals surface area (Å²) in [4.78, 5) is 0. The molecule has 0 spiro atoms. The first kappa shape index (κ1) is 5.52. The van der Waals surface area contributed by atoms with Crippen LogP contribution in [0.15, 0.2) is 0 Å². The van der Waals surface area contributed by atoms with Gasteiger partial charge < -0.3 is 0 Å². The number of methoxy groups -OCH3 is 1. The minimum absolute atomic E-state index is 1.09. The van der Waals surface area contributed by atoms with E-state index in [4.69, 9.17) is 4.74 Å². The van der Waals surface area contributed by atoms with Gasteiger partial charge in [-0.3, -0.25) is 0 Å². The second kappa shape index (κ2) is 2.74. The van der Waals surface area contributed by atoms with Gasteiger partial charge in [0.25, 0.3) is 0 Å². The first-order valence-corrected chi connectivity index (χ1v) is 2.78. The second-order valence-electron chi connectivity index (χ2n) is 0.696. The van der Waals surface area contributed by atoms with Crippen LogP contribution < -0.4 is 0 Å². The van der Waals surface area contributed by atoms with Gasteiger partial charge in [0.15, 0.2) is 0 Å². The van der Waals surface area contributed by atoms with Crippen molar-refractivity contribution in [2.45, 2.75) is 6.92 Å². The van der Waals surface area contributed by atoms with Crippen LogP contribution in [0.1, 0.15) is 6.92 Å². The maximum atomic E-state index is 4.70. The summed E-state index contributed by atoms with van der Waals surface area (Å²) in [5.41, 5.74) is 0. The molecule has 0 heterocycles. The van der Waals surface area contributed by atoms with Crippen LogP contribution in [0.2, 0.25) is 0 Å². The quantitative estimate of drug-likeness (QED) is 0.643. The molecule has 0 aromatic heterocycles. The van der Waals surface area contributed by atoms with E-state index >= 15 is 0 Å². The van der Waals surface area contributed by atoms with E-state index in [0.717, 1.165) is 4.08 Å². The average molecular weight is 242 g/mol. The zero-order valence-corrected chi connectivity index (χ0v) is 6.25. The van der Waals surface area contributed by atoms with Crippen LogP contribution in [0.5, 0.6) is 0 Å². The standard InChI is InChI=1S/C3H6O.W/c1-3-4-2;/h1-2H3;. The molecule has 0 amide bonds. The van der Waals surface area contributed by atoms with Gasteiger partial charge in [0.1, 0.15) is 0 Å². The molecule has 0 saturated carbocycles. The molecule has 0 aliphatic heterocycles. The second-order valence-corrected chi connectivity index (χ2v) is 2.76. The van der Waals surface area contributed by atoms with Crippen molar-refractivity contribution in [1.29, 1.82) is 0 Å². The SMILES string of the molecule is CO[C](C)=[W]. The van der Waals surface area contributed by atoms with E-state index in [2.05, 4.69) is 0 Å². The zero-order chi connectivity index (χ0) is 4.28. The summed E-state index contributed by atoms with van der Waals surface area (Å²) in [5, 5.41) is 0. The molecule has 30 valence electrons. The Labute approximate surface area is 42.7 Å². The van der Waals surface area contributed by atoms with Crippen LogP contribution in [0.25, 0.3) is 0 Å². The summed E-state index contributed by atoms with van der Waals surface area (Å²) >= 11 is 1.41. The van der Waals surface area contributed by atoms with Gasteiger partial charge in [-0.25, -0.2) is 0 Å². The van der Waals surface area contributed by atoms with Crippen LogP contribution in [0.3, 0.4) is 0 Å². The summed E-state index contributed by atoms with van der Waals surface area (Å²) in [6.45, 7) is 1.95. The van der Waals surface area contributed by atoms with Crippen LogP contribution in [-0.4, -0.2) is 11.2 Å². The maximum absolute atomic E-state index is 4.70. The van der Waals surface area contributed by atoms with E-state index in [-0.39, 0.29) is 0 Å². The molecule has 0 aromatic rings. The van der Waals surface area contributed by atoms with E-state index in [1.54, 1.807) is 7.11 Å². The van der Waals surface area contributed by atoms with Crippen molar-refractivity contribution in [2.75, 3.05) is 7.11 Å². The summed E-state index contributed by atoms with van der Waals surface area (Å²) in [5.74, 6) is 0. The van der Waals surface area contributed by atoms with Crippen molar-refractivity contribution in [3.63, 3.8) is 0 Å². The van der Waals surface area contributed by atoms with Crippen LogP contribution in [-0.2, 0) is 24.1 Å². The van der Waals surface area contributed by atoms with Crippen molar-refractivity contribution in [1.82, 2.24) is 0 Å². The molecular weight excluding hydrogens is 236 g/mol. The predicted molar refractivity (Wildman–Crippen MR) is 17.7 cm³/mol. The third-order valence-corrected chi connectivity index (χ3v) is 0.886. The summed E-state index contributed by atoms with van der Waals surface area (Å²) in [6.07, 6.45) is 0. The van der Waals surface area contributed by atoms with Crippen molar-refractivity contribution >= 4 is 4.08 Å². The van der Waals surface area contributed by atoms with Crippen LogP contribution in [0.4, 0.5) is 0 Å². The molecule has 0 fully saturated rings. The van der Waals surface area contributed by atoms with Crippen molar-refractivity contribution < 1.29 is 24.1 Å². The minimum atomic E-state index is 1.09.